The number of nitrogens with one attached hydrogen (secondary N) is 1. The molecule has 0 saturated heterocycles. The number of nitrogens with zero attached hydrogens (tertiary/aromatic N) is 2. The Hall–Kier alpha value is -3.35. The van der Waals surface area contributed by atoms with E-state index >= 15 is 0 Å². The second-order valence-electron chi connectivity index (χ2n) is 6.48. The summed E-state index contributed by atoms with van der Waals surface area (Å²) >= 11 is 0. The Morgan fingerprint density at radius 1 is 1.19 bits per heavy atom. The first-order chi connectivity index (χ1) is 13.0. The fourth-order valence-electron chi connectivity index (χ4n) is 3.61. The molecule has 1 aromatic carbocycles. The van der Waals surface area contributed by atoms with Gasteiger partial charge in [0, 0.05) is 24.1 Å². The van der Waals surface area contributed by atoms with Crippen LogP contribution in [0.4, 0.5) is 5.82 Å². The molecule has 0 bridgehead atoms. The Morgan fingerprint density at radius 3 is 2.74 bits per heavy atom. The zero-order valence-electron chi connectivity index (χ0n) is 15.3. The number of rotatable bonds is 3. The SMILES string of the molecule is COc1ccc(OC)c([C@@H]2CC(=O)Nc3c2c(=O)nc2c(C)cccn32)c1. The monoisotopic (exact) mass is 365 g/mol. The molecule has 4 rings (SSSR count). The number of hydrogen-bond acceptors (Lipinski definition) is 5. The molecular weight excluding hydrogens is 346 g/mol. The van der Waals surface area contributed by atoms with Crippen molar-refractivity contribution in [2.24, 2.45) is 0 Å². The lowest BCUT2D eigenvalue weighted by Gasteiger charge is -2.27. The van der Waals surface area contributed by atoms with Gasteiger partial charge in [-0.1, -0.05) is 6.07 Å². The van der Waals surface area contributed by atoms with Crippen LogP contribution < -0.4 is 20.3 Å². The Labute approximate surface area is 155 Å². The van der Waals surface area contributed by atoms with Crippen LogP contribution in [0.15, 0.2) is 41.3 Å². The van der Waals surface area contributed by atoms with Gasteiger partial charge in [0.05, 0.1) is 19.8 Å². The summed E-state index contributed by atoms with van der Waals surface area (Å²) in [6, 6.07) is 9.09. The van der Waals surface area contributed by atoms with E-state index in [2.05, 4.69) is 10.3 Å². The van der Waals surface area contributed by atoms with Crippen LogP contribution in [0, 0.1) is 6.92 Å². The maximum absolute atomic E-state index is 12.9. The van der Waals surface area contributed by atoms with Gasteiger partial charge in [0.25, 0.3) is 5.56 Å². The van der Waals surface area contributed by atoms with Crippen molar-refractivity contribution in [1.29, 1.82) is 0 Å². The number of hydrogen-bond donors (Lipinski definition) is 1. The molecule has 1 amide bonds. The maximum Gasteiger partial charge on any atom is 0.279 e. The second kappa shape index (κ2) is 6.42. The Bertz CT molecular complexity index is 1120. The van der Waals surface area contributed by atoms with Crippen molar-refractivity contribution in [1.82, 2.24) is 9.38 Å². The summed E-state index contributed by atoms with van der Waals surface area (Å²) in [7, 11) is 3.13. The first kappa shape index (κ1) is 17.1. The van der Waals surface area contributed by atoms with E-state index < -0.39 is 5.92 Å². The van der Waals surface area contributed by atoms with E-state index in [-0.39, 0.29) is 17.9 Å². The number of amides is 1. The quantitative estimate of drug-likeness (QED) is 0.771. The van der Waals surface area contributed by atoms with Crippen molar-refractivity contribution in [3.05, 3.63) is 63.6 Å². The molecule has 0 unspecified atom stereocenters. The summed E-state index contributed by atoms with van der Waals surface area (Å²) in [5, 5.41) is 2.85. The third-order valence-electron chi connectivity index (χ3n) is 4.90. The fraction of sp³-hybridized carbons (Fsp3) is 0.250. The average molecular weight is 365 g/mol. The van der Waals surface area contributed by atoms with E-state index in [4.69, 9.17) is 9.47 Å². The van der Waals surface area contributed by atoms with Crippen molar-refractivity contribution >= 4 is 17.4 Å². The molecule has 1 N–H and O–H groups in total. The van der Waals surface area contributed by atoms with Crippen LogP contribution in [0.25, 0.3) is 5.65 Å². The highest BCUT2D eigenvalue weighted by Crippen LogP contribution is 2.40. The van der Waals surface area contributed by atoms with E-state index in [1.54, 1.807) is 43.0 Å². The second-order valence-corrected chi connectivity index (χ2v) is 6.48. The average Bonchev–Trinajstić information content (AvgIpc) is 2.67. The Kier molecular flexibility index (Phi) is 4.07. The first-order valence-electron chi connectivity index (χ1n) is 8.57. The molecule has 1 aliphatic rings. The number of fused-ring (bicyclic) bond motifs is 3. The molecule has 0 spiro atoms. The predicted molar refractivity (Wildman–Crippen MR) is 101 cm³/mol. The number of aryl methyl sites for hydroxylation is 1. The number of pyridine rings is 1. The molecule has 7 heteroatoms. The van der Waals surface area contributed by atoms with Gasteiger partial charge in [-0.2, -0.15) is 4.98 Å². The fourth-order valence-corrected chi connectivity index (χ4v) is 3.61. The lowest BCUT2D eigenvalue weighted by atomic mass is 9.86. The first-order valence-corrected chi connectivity index (χ1v) is 8.57. The van der Waals surface area contributed by atoms with E-state index in [1.165, 1.54) is 0 Å². The van der Waals surface area contributed by atoms with Crippen LogP contribution in [-0.2, 0) is 4.79 Å². The summed E-state index contributed by atoms with van der Waals surface area (Å²) < 4.78 is 12.6. The molecule has 0 aliphatic carbocycles. The number of methoxy groups -OCH3 is 2. The highest BCUT2D eigenvalue weighted by Gasteiger charge is 2.33. The van der Waals surface area contributed by atoms with Gasteiger partial charge in [-0.3, -0.25) is 14.0 Å². The van der Waals surface area contributed by atoms with Gasteiger partial charge in [-0.25, -0.2) is 0 Å². The lowest BCUT2D eigenvalue weighted by molar-refractivity contribution is -0.116. The smallest absolute Gasteiger partial charge is 0.279 e. The molecule has 0 saturated carbocycles. The standard InChI is InChI=1S/C20H19N3O4/c1-11-5-4-8-23-18(11)22-20(25)17-14(10-16(24)21-19(17)23)13-9-12(26-2)6-7-15(13)27-3/h4-9,14H,10H2,1-3H3,(H,21,24)/t14-/m0/s1. The molecule has 1 atom stereocenters. The molecule has 0 fully saturated rings. The minimum absolute atomic E-state index is 0.130. The third-order valence-corrected chi connectivity index (χ3v) is 4.90. The van der Waals surface area contributed by atoms with E-state index in [0.29, 0.717) is 28.5 Å². The summed E-state index contributed by atoms with van der Waals surface area (Å²) in [6.45, 7) is 1.88. The predicted octanol–water partition coefficient (Wildman–Crippen LogP) is 2.49. The highest BCUT2D eigenvalue weighted by atomic mass is 16.5. The normalized spacial score (nSPS) is 16.0. The summed E-state index contributed by atoms with van der Waals surface area (Å²) in [5.74, 6) is 1.03. The maximum atomic E-state index is 12.9. The zero-order valence-corrected chi connectivity index (χ0v) is 15.3. The molecule has 1 aliphatic heterocycles. The largest absolute Gasteiger partial charge is 0.497 e. The number of anilines is 1. The number of ether oxygens (including phenoxy) is 2. The van der Waals surface area contributed by atoms with Crippen molar-refractivity contribution in [3.63, 3.8) is 0 Å². The van der Waals surface area contributed by atoms with E-state index in [0.717, 1.165) is 11.1 Å². The minimum Gasteiger partial charge on any atom is -0.497 e. The van der Waals surface area contributed by atoms with Gasteiger partial charge in [-0.05, 0) is 36.8 Å². The van der Waals surface area contributed by atoms with Gasteiger partial charge in [-0.15, -0.1) is 0 Å². The molecule has 7 nitrogen and oxygen atoms in total. The number of benzene rings is 1. The molecule has 138 valence electrons. The molecule has 3 aromatic rings. The van der Waals surface area contributed by atoms with Crippen molar-refractivity contribution in [3.8, 4) is 11.5 Å². The van der Waals surface area contributed by atoms with Crippen LogP contribution in [0.3, 0.4) is 0 Å². The van der Waals surface area contributed by atoms with Gasteiger partial charge in [0.2, 0.25) is 5.91 Å². The van der Waals surface area contributed by atoms with Crippen LogP contribution in [-0.4, -0.2) is 29.5 Å². The third kappa shape index (κ3) is 2.71. The Balaban J connectivity index is 2.03. The van der Waals surface area contributed by atoms with Crippen LogP contribution in [0.5, 0.6) is 11.5 Å². The van der Waals surface area contributed by atoms with Crippen molar-refractivity contribution < 1.29 is 14.3 Å². The lowest BCUT2D eigenvalue weighted by Crippen LogP contribution is -2.32. The topological polar surface area (TPSA) is 81.9 Å². The summed E-state index contributed by atoms with van der Waals surface area (Å²) in [5.41, 5.74) is 2.20. The minimum atomic E-state index is -0.476. The molecule has 3 heterocycles. The Morgan fingerprint density at radius 2 is 2.00 bits per heavy atom. The number of carbonyl (C=O) groups excluding carboxylic acids is 1. The summed E-state index contributed by atoms with van der Waals surface area (Å²) in [6.07, 6.45) is 1.92. The zero-order chi connectivity index (χ0) is 19.1. The van der Waals surface area contributed by atoms with Crippen molar-refractivity contribution in [2.75, 3.05) is 19.5 Å². The van der Waals surface area contributed by atoms with Gasteiger partial charge in [0.15, 0.2) is 0 Å². The van der Waals surface area contributed by atoms with Crippen LogP contribution in [0.2, 0.25) is 0 Å². The van der Waals surface area contributed by atoms with Crippen molar-refractivity contribution in [2.45, 2.75) is 19.3 Å². The highest BCUT2D eigenvalue weighted by molar-refractivity contribution is 5.95. The molecule has 0 radical (unpaired) electrons. The van der Waals surface area contributed by atoms with Crippen LogP contribution >= 0.6 is 0 Å². The summed E-state index contributed by atoms with van der Waals surface area (Å²) in [4.78, 5) is 29.7. The van der Waals surface area contributed by atoms with Crippen LogP contribution in [0.1, 0.15) is 29.0 Å². The number of aromatic nitrogens is 2. The van der Waals surface area contributed by atoms with E-state index in [1.807, 2.05) is 19.1 Å². The van der Waals surface area contributed by atoms with Gasteiger partial charge < -0.3 is 14.8 Å². The molecule has 2 aromatic heterocycles. The number of carbonyl (C=O) groups is 1. The molecule has 27 heavy (non-hydrogen) atoms. The molecular formula is C20H19N3O4. The van der Waals surface area contributed by atoms with E-state index in [9.17, 15) is 9.59 Å². The van der Waals surface area contributed by atoms with Gasteiger partial charge >= 0.3 is 0 Å². The van der Waals surface area contributed by atoms with Gasteiger partial charge in [0.1, 0.15) is 23.0 Å².